The van der Waals surface area contributed by atoms with Crippen LogP contribution in [0, 0.1) is 5.92 Å². The van der Waals surface area contributed by atoms with Gasteiger partial charge in [-0.15, -0.1) is 0 Å². The van der Waals surface area contributed by atoms with Crippen molar-refractivity contribution in [2.45, 2.75) is 25.7 Å². The summed E-state index contributed by atoms with van der Waals surface area (Å²) < 4.78 is 1.67. The van der Waals surface area contributed by atoms with E-state index in [-0.39, 0.29) is 17.7 Å². The SMILES string of the molecule is Cn1cc(N2CC(C(=O)N3CCCCC3)CC2=O)cn1. The smallest absolute Gasteiger partial charge is 0.228 e. The fraction of sp³-hybridized carbons (Fsp3) is 0.643. The van der Waals surface area contributed by atoms with Crippen molar-refractivity contribution in [2.75, 3.05) is 24.5 Å². The average molecular weight is 276 g/mol. The van der Waals surface area contributed by atoms with Gasteiger partial charge in [-0.05, 0) is 19.3 Å². The van der Waals surface area contributed by atoms with E-state index in [0.717, 1.165) is 31.6 Å². The minimum Gasteiger partial charge on any atom is -0.342 e. The van der Waals surface area contributed by atoms with Crippen LogP contribution in [0.25, 0.3) is 0 Å². The quantitative estimate of drug-likeness (QED) is 0.802. The molecule has 1 atom stereocenters. The number of carbonyl (C=O) groups is 2. The molecule has 20 heavy (non-hydrogen) atoms. The van der Waals surface area contributed by atoms with Crippen LogP contribution in [0.2, 0.25) is 0 Å². The first-order chi connectivity index (χ1) is 9.65. The zero-order valence-corrected chi connectivity index (χ0v) is 11.8. The van der Waals surface area contributed by atoms with Gasteiger partial charge in [0.15, 0.2) is 0 Å². The number of anilines is 1. The number of carbonyl (C=O) groups excluding carboxylic acids is 2. The molecule has 6 heteroatoms. The fourth-order valence-electron chi connectivity index (χ4n) is 3.04. The first kappa shape index (κ1) is 13.1. The molecule has 1 unspecified atom stereocenters. The van der Waals surface area contributed by atoms with E-state index in [1.54, 1.807) is 15.8 Å². The summed E-state index contributed by atoms with van der Waals surface area (Å²) in [6.07, 6.45) is 7.17. The van der Waals surface area contributed by atoms with Crippen molar-refractivity contribution in [1.29, 1.82) is 0 Å². The number of aromatic nitrogens is 2. The molecular formula is C14H20N4O2. The lowest BCUT2D eigenvalue weighted by atomic mass is 10.0. The second kappa shape index (κ2) is 5.26. The van der Waals surface area contributed by atoms with Gasteiger partial charge in [-0.3, -0.25) is 14.3 Å². The summed E-state index contributed by atoms with van der Waals surface area (Å²) >= 11 is 0. The van der Waals surface area contributed by atoms with Crippen molar-refractivity contribution in [3.63, 3.8) is 0 Å². The lowest BCUT2D eigenvalue weighted by Crippen LogP contribution is -2.40. The zero-order chi connectivity index (χ0) is 14.1. The number of piperidine rings is 1. The number of amides is 2. The molecule has 2 aliphatic rings. The highest BCUT2D eigenvalue weighted by molar-refractivity contribution is 6.00. The molecule has 3 rings (SSSR count). The third-order valence-corrected chi connectivity index (χ3v) is 4.14. The Kier molecular flexibility index (Phi) is 3.46. The lowest BCUT2D eigenvalue weighted by Gasteiger charge is -2.28. The lowest BCUT2D eigenvalue weighted by molar-refractivity contribution is -0.136. The molecule has 1 aromatic heterocycles. The highest BCUT2D eigenvalue weighted by Crippen LogP contribution is 2.26. The van der Waals surface area contributed by atoms with Crippen LogP contribution in [0.15, 0.2) is 12.4 Å². The largest absolute Gasteiger partial charge is 0.342 e. The van der Waals surface area contributed by atoms with E-state index in [1.807, 2.05) is 18.1 Å². The predicted molar refractivity (Wildman–Crippen MR) is 74.1 cm³/mol. The summed E-state index contributed by atoms with van der Waals surface area (Å²) in [5.74, 6) is -0.0291. The van der Waals surface area contributed by atoms with Crippen LogP contribution >= 0.6 is 0 Å². The molecule has 2 saturated heterocycles. The van der Waals surface area contributed by atoms with Crippen LogP contribution in [0.1, 0.15) is 25.7 Å². The molecule has 2 fully saturated rings. The molecule has 0 radical (unpaired) electrons. The Labute approximate surface area is 118 Å². The molecule has 6 nitrogen and oxygen atoms in total. The van der Waals surface area contributed by atoms with E-state index >= 15 is 0 Å². The molecule has 1 aromatic rings. The summed E-state index contributed by atoms with van der Waals surface area (Å²) in [5, 5.41) is 4.08. The molecule has 0 N–H and O–H groups in total. The molecule has 0 saturated carbocycles. The maximum Gasteiger partial charge on any atom is 0.228 e. The number of nitrogens with zero attached hydrogens (tertiary/aromatic N) is 4. The number of rotatable bonds is 2. The number of hydrogen-bond acceptors (Lipinski definition) is 3. The summed E-state index contributed by atoms with van der Waals surface area (Å²) in [6, 6.07) is 0. The average Bonchev–Trinajstić information content (AvgIpc) is 3.05. The standard InChI is InChI=1S/C14H20N4O2/c1-16-10-12(8-15-16)18-9-11(7-13(18)19)14(20)17-5-3-2-4-6-17/h8,10-11H,2-7,9H2,1H3. The molecule has 108 valence electrons. The zero-order valence-electron chi connectivity index (χ0n) is 11.8. The van der Waals surface area contributed by atoms with Crippen molar-refractivity contribution < 1.29 is 9.59 Å². The number of likely N-dealkylation sites (tertiary alicyclic amines) is 1. The summed E-state index contributed by atoms with van der Waals surface area (Å²) in [7, 11) is 1.82. The van der Waals surface area contributed by atoms with Gasteiger partial charge in [0.25, 0.3) is 0 Å². The summed E-state index contributed by atoms with van der Waals surface area (Å²) in [5.41, 5.74) is 0.784. The summed E-state index contributed by atoms with van der Waals surface area (Å²) in [6.45, 7) is 2.17. The first-order valence-electron chi connectivity index (χ1n) is 7.23. The van der Waals surface area contributed by atoms with Gasteiger partial charge in [0.2, 0.25) is 11.8 Å². The highest BCUT2D eigenvalue weighted by atomic mass is 16.2. The Hall–Kier alpha value is -1.85. The van der Waals surface area contributed by atoms with Gasteiger partial charge in [-0.1, -0.05) is 0 Å². The van der Waals surface area contributed by atoms with Crippen LogP contribution in [0.3, 0.4) is 0 Å². The molecule has 0 aliphatic carbocycles. The van der Waals surface area contributed by atoms with Gasteiger partial charge < -0.3 is 9.80 Å². The van der Waals surface area contributed by atoms with Gasteiger partial charge in [0.05, 0.1) is 17.8 Å². The van der Waals surface area contributed by atoms with Gasteiger partial charge in [0.1, 0.15) is 0 Å². The molecule has 2 amide bonds. The topological polar surface area (TPSA) is 58.4 Å². The predicted octanol–water partition coefficient (Wildman–Crippen LogP) is 0.785. The Bertz CT molecular complexity index is 519. The Morgan fingerprint density at radius 3 is 2.70 bits per heavy atom. The van der Waals surface area contributed by atoms with Gasteiger partial charge in [0, 0.05) is 39.3 Å². The van der Waals surface area contributed by atoms with Gasteiger partial charge >= 0.3 is 0 Å². The normalized spacial score (nSPS) is 23.4. The van der Waals surface area contributed by atoms with Crippen molar-refractivity contribution in [2.24, 2.45) is 13.0 Å². The minimum absolute atomic E-state index is 0.0216. The van der Waals surface area contributed by atoms with E-state index in [4.69, 9.17) is 0 Å². The monoisotopic (exact) mass is 276 g/mol. The van der Waals surface area contributed by atoms with Crippen molar-refractivity contribution in [1.82, 2.24) is 14.7 Å². The molecule has 2 aliphatic heterocycles. The minimum atomic E-state index is -0.194. The summed E-state index contributed by atoms with van der Waals surface area (Å²) in [4.78, 5) is 28.2. The number of aryl methyl sites for hydroxylation is 1. The maximum absolute atomic E-state index is 12.5. The molecule has 0 spiro atoms. The Morgan fingerprint density at radius 2 is 2.05 bits per heavy atom. The molecule has 0 bridgehead atoms. The van der Waals surface area contributed by atoms with Crippen LogP contribution in [0.5, 0.6) is 0 Å². The van der Waals surface area contributed by atoms with Crippen LogP contribution in [-0.4, -0.2) is 46.1 Å². The van der Waals surface area contributed by atoms with E-state index in [1.165, 1.54) is 6.42 Å². The second-order valence-electron chi connectivity index (χ2n) is 5.66. The van der Waals surface area contributed by atoms with E-state index in [2.05, 4.69) is 5.10 Å². The number of hydrogen-bond donors (Lipinski definition) is 0. The third-order valence-electron chi connectivity index (χ3n) is 4.14. The van der Waals surface area contributed by atoms with Gasteiger partial charge in [-0.2, -0.15) is 5.10 Å². The third kappa shape index (κ3) is 2.42. The molecule has 3 heterocycles. The van der Waals surface area contributed by atoms with E-state index in [0.29, 0.717) is 13.0 Å². The Morgan fingerprint density at radius 1 is 1.30 bits per heavy atom. The molecule has 0 aromatic carbocycles. The van der Waals surface area contributed by atoms with Crippen LogP contribution in [-0.2, 0) is 16.6 Å². The van der Waals surface area contributed by atoms with Crippen LogP contribution in [0.4, 0.5) is 5.69 Å². The van der Waals surface area contributed by atoms with Crippen molar-refractivity contribution in [3.05, 3.63) is 12.4 Å². The van der Waals surface area contributed by atoms with Crippen LogP contribution < -0.4 is 4.90 Å². The van der Waals surface area contributed by atoms with Crippen molar-refractivity contribution in [3.8, 4) is 0 Å². The van der Waals surface area contributed by atoms with Crippen molar-refractivity contribution >= 4 is 17.5 Å². The Balaban J connectivity index is 1.68. The first-order valence-corrected chi connectivity index (χ1v) is 7.23. The van der Waals surface area contributed by atoms with E-state index in [9.17, 15) is 9.59 Å². The highest BCUT2D eigenvalue weighted by Gasteiger charge is 2.37. The van der Waals surface area contributed by atoms with Gasteiger partial charge in [-0.25, -0.2) is 0 Å². The maximum atomic E-state index is 12.5. The fourth-order valence-corrected chi connectivity index (χ4v) is 3.04. The molecular weight excluding hydrogens is 256 g/mol. The van der Waals surface area contributed by atoms with E-state index < -0.39 is 0 Å². The second-order valence-corrected chi connectivity index (χ2v) is 5.66.